The van der Waals surface area contributed by atoms with Crippen molar-refractivity contribution < 1.29 is 4.79 Å². The van der Waals surface area contributed by atoms with Gasteiger partial charge in [0.25, 0.3) is 0 Å². The summed E-state index contributed by atoms with van der Waals surface area (Å²) in [5, 5.41) is 3.07. The first kappa shape index (κ1) is 11.3. The number of pyridine rings is 1. The first-order chi connectivity index (χ1) is 7.76. The van der Waals surface area contributed by atoms with Crippen molar-refractivity contribution in [3.05, 3.63) is 34.3 Å². The molecule has 0 amide bonds. The van der Waals surface area contributed by atoms with Gasteiger partial charge in [-0.2, -0.15) is 0 Å². The highest BCUT2D eigenvalue weighted by Crippen LogP contribution is 2.17. The summed E-state index contributed by atoms with van der Waals surface area (Å²) in [7, 11) is 1.90. The standard InChI is InChI=1S/C11H12BrN3O/c1-13-4-2-11-14-9(7-16)10-6-8(12)3-5-15(10)11/h3,5-7,13H,2,4H2,1H3. The van der Waals surface area contributed by atoms with E-state index in [-0.39, 0.29) is 0 Å². The molecule has 5 heteroatoms. The van der Waals surface area contributed by atoms with Crippen LogP contribution in [0.5, 0.6) is 0 Å². The van der Waals surface area contributed by atoms with E-state index in [1.54, 1.807) is 0 Å². The van der Waals surface area contributed by atoms with E-state index in [0.29, 0.717) is 5.69 Å². The first-order valence-corrected chi connectivity index (χ1v) is 5.82. The van der Waals surface area contributed by atoms with Gasteiger partial charge in [0, 0.05) is 23.6 Å². The lowest BCUT2D eigenvalue weighted by atomic mass is 10.3. The largest absolute Gasteiger partial charge is 0.319 e. The minimum absolute atomic E-state index is 0.493. The molecule has 0 fully saturated rings. The number of rotatable bonds is 4. The van der Waals surface area contributed by atoms with Crippen LogP contribution in [0.2, 0.25) is 0 Å². The number of aldehydes is 1. The lowest BCUT2D eigenvalue weighted by Gasteiger charge is -2.00. The van der Waals surface area contributed by atoms with Gasteiger partial charge < -0.3 is 9.72 Å². The van der Waals surface area contributed by atoms with Gasteiger partial charge in [-0.05, 0) is 19.2 Å². The summed E-state index contributed by atoms with van der Waals surface area (Å²) < 4.78 is 2.90. The minimum atomic E-state index is 0.493. The summed E-state index contributed by atoms with van der Waals surface area (Å²) in [6, 6.07) is 3.84. The van der Waals surface area contributed by atoms with E-state index >= 15 is 0 Å². The van der Waals surface area contributed by atoms with Crippen molar-refractivity contribution in [2.75, 3.05) is 13.6 Å². The predicted molar refractivity (Wildman–Crippen MR) is 65.9 cm³/mol. The normalized spacial score (nSPS) is 10.9. The summed E-state index contributed by atoms with van der Waals surface area (Å²) in [6.07, 6.45) is 3.52. The Balaban J connectivity index is 2.54. The SMILES string of the molecule is CNCCc1nc(C=O)c2cc(Br)ccn12. The van der Waals surface area contributed by atoms with Crippen LogP contribution in [0.25, 0.3) is 5.52 Å². The van der Waals surface area contributed by atoms with Crippen molar-refractivity contribution in [1.29, 1.82) is 0 Å². The summed E-state index contributed by atoms with van der Waals surface area (Å²) in [6.45, 7) is 0.841. The third kappa shape index (κ3) is 2.01. The van der Waals surface area contributed by atoms with E-state index in [2.05, 4.69) is 26.2 Å². The van der Waals surface area contributed by atoms with Crippen LogP contribution in [-0.4, -0.2) is 29.3 Å². The first-order valence-electron chi connectivity index (χ1n) is 5.02. The van der Waals surface area contributed by atoms with Gasteiger partial charge in [-0.15, -0.1) is 0 Å². The Kier molecular flexibility index (Phi) is 3.36. The molecule has 2 heterocycles. The topological polar surface area (TPSA) is 46.4 Å². The number of aromatic nitrogens is 2. The second-order valence-corrected chi connectivity index (χ2v) is 4.40. The number of carbonyl (C=O) groups excluding carboxylic acids is 1. The van der Waals surface area contributed by atoms with Crippen molar-refractivity contribution in [2.45, 2.75) is 6.42 Å². The van der Waals surface area contributed by atoms with Crippen molar-refractivity contribution in [1.82, 2.24) is 14.7 Å². The van der Waals surface area contributed by atoms with E-state index in [1.807, 2.05) is 29.8 Å². The highest BCUT2D eigenvalue weighted by Gasteiger charge is 2.09. The third-order valence-corrected chi connectivity index (χ3v) is 2.91. The molecule has 84 valence electrons. The highest BCUT2D eigenvalue weighted by atomic mass is 79.9. The zero-order valence-electron chi connectivity index (χ0n) is 8.90. The average Bonchev–Trinajstić information content (AvgIpc) is 2.63. The zero-order chi connectivity index (χ0) is 11.5. The van der Waals surface area contributed by atoms with Crippen molar-refractivity contribution in [2.24, 2.45) is 0 Å². The Hall–Kier alpha value is -1.20. The molecule has 0 saturated heterocycles. The number of nitrogens with zero attached hydrogens (tertiary/aromatic N) is 2. The van der Waals surface area contributed by atoms with Crippen molar-refractivity contribution in [3.8, 4) is 0 Å². The monoisotopic (exact) mass is 281 g/mol. The van der Waals surface area contributed by atoms with E-state index in [4.69, 9.17) is 0 Å². The molecular formula is C11H12BrN3O. The Labute approximate surface area is 102 Å². The van der Waals surface area contributed by atoms with Gasteiger partial charge in [0.2, 0.25) is 0 Å². The molecule has 0 aliphatic carbocycles. The summed E-state index contributed by atoms with van der Waals surface area (Å²) >= 11 is 3.39. The van der Waals surface area contributed by atoms with Gasteiger partial charge in [-0.3, -0.25) is 4.79 Å². The molecule has 0 spiro atoms. The smallest absolute Gasteiger partial charge is 0.170 e. The Morgan fingerprint density at radius 1 is 1.62 bits per heavy atom. The van der Waals surface area contributed by atoms with Crippen LogP contribution in [0.15, 0.2) is 22.8 Å². The highest BCUT2D eigenvalue weighted by molar-refractivity contribution is 9.10. The van der Waals surface area contributed by atoms with Crippen molar-refractivity contribution >= 4 is 27.7 Å². The van der Waals surface area contributed by atoms with Gasteiger partial charge in [-0.1, -0.05) is 15.9 Å². The lowest BCUT2D eigenvalue weighted by molar-refractivity contribution is 0.112. The summed E-state index contributed by atoms with van der Waals surface area (Å²) in [5.41, 5.74) is 1.34. The Morgan fingerprint density at radius 2 is 2.44 bits per heavy atom. The van der Waals surface area contributed by atoms with Crippen LogP contribution in [-0.2, 0) is 6.42 Å². The second-order valence-electron chi connectivity index (χ2n) is 3.48. The molecule has 0 aliphatic rings. The minimum Gasteiger partial charge on any atom is -0.319 e. The quantitative estimate of drug-likeness (QED) is 0.868. The molecule has 0 aliphatic heterocycles. The molecule has 2 aromatic heterocycles. The fourth-order valence-corrected chi connectivity index (χ4v) is 1.98. The predicted octanol–water partition coefficient (Wildman–Crippen LogP) is 1.67. The van der Waals surface area contributed by atoms with E-state index < -0.39 is 0 Å². The number of hydrogen-bond donors (Lipinski definition) is 1. The van der Waals surface area contributed by atoms with Gasteiger partial charge in [0.05, 0.1) is 5.52 Å². The summed E-state index contributed by atoms with van der Waals surface area (Å²) in [4.78, 5) is 15.2. The maximum absolute atomic E-state index is 10.9. The van der Waals surface area contributed by atoms with Crippen LogP contribution < -0.4 is 5.32 Å². The summed E-state index contributed by atoms with van der Waals surface area (Å²) in [5.74, 6) is 0.902. The van der Waals surface area contributed by atoms with Gasteiger partial charge >= 0.3 is 0 Å². The number of likely N-dealkylation sites (N-methyl/N-ethyl adjacent to an activating group) is 1. The van der Waals surface area contributed by atoms with Crippen LogP contribution >= 0.6 is 15.9 Å². The molecule has 4 nitrogen and oxygen atoms in total. The zero-order valence-corrected chi connectivity index (χ0v) is 10.5. The average molecular weight is 282 g/mol. The molecule has 16 heavy (non-hydrogen) atoms. The molecule has 2 aromatic rings. The van der Waals surface area contributed by atoms with E-state index in [9.17, 15) is 4.79 Å². The molecule has 0 bridgehead atoms. The fourth-order valence-electron chi connectivity index (χ4n) is 1.65. The van der Waals surface area contributed by atoms with Crippen LogP contribution in [0, 0.1) is 0 Å². The fraction of sp³-hybridized carbons (Fsp3) is 0.273. The van der Waals surface area contributed by atoms with Crippen LogP contribution in [0.1, 0.15) is 16.3 Å². The van der Waals surface area contributed by atoms with Crippen LogP contribution in [0.3, 0.4) is 0 Å². The maximum atomic E-state index is 10.9. The number of hydrogen-bond acceptors (Lipinski definition) is 3. The molecule has 1 N–H and O–H groups in total. The maximum Gasteiger partial charge on any atom is 0.170 e. The molecule has 0 radical (unpaired) electrons. The Bertz CT molecular complexity index is 521. The molecule has 0 aromatic carbocycles. The van der Waals surface area contributed by atoms with Crippen molar-refractivity contribution in [3.63, 3.8) is 0 Å². The number of nitrogens with one attached hydrogen (secondary N) is 1. The van der Waals surface area contributed by atoms with Crippen LogP contribution in [0.4, 0.5) is 0 Å². The second kappa shape index (κ2) is 4.76. The number of imidazole rings is 1. The molecule has 0 unspecified atom stereocenters. The number of fused-ring (bicyclic) bond motifs is 1. The van der Waals surface area contributed by atoms with Gasteiger partial charge in [0.1, 0.15) is 11.5 Å². The molecule has 0 saturated carbocycles. The molecule has 0 atom stereocenters. The lowest BCUT2D eigenvalue weighted by Crippen LogP contribution is -2.12. The number of carbonyl (C=O) groups is 1. The Morgan fingerprint density at radius 3 is 3.12 bits per heavy atom. The molecule has 2 rings (SSSR count). The van der Waals surface area contributed by atoms with Gasteiger partial charge in [0.15, 0.2) is 6.29 Å². The van der Waals surface area contributed by atoms with E-state index in [1.165, 1.54) is 0 Å². The van der Waals surface area contributed by atoms with Gasteiger partial charge in [-0.25, -0.2) is 4.98 Å². The third-order valence-electron chi connectivity index (χ3n) is 2.42. The number of halogens is 1. The molecular weight excluding hydrogens is 270 g/mol. The van der Waals surface area contributed by atoms with E-state index in [0.717, 1.165) is 35.1 Å².